The molecule has 0 bridgehead atoms. The van der Waals surface area contributed by atoms with E-state index in [1.54, 1.807) is 6.20 Å². The number of ether oxygens (including phenoxy) is 2. The second-order valence-corrected chi connectivity index (χ2v) is 8.79. The van der Waals surface area contributed by atoms with Crippen LogP contribution in [0.15, 0.2) is 12.3 Å². The van der Waals surface area contributed by atoms with Crippen LogP contribution in [0.4, 0.5) is 0 Å². The number of carbonyl (C=O) groups excluding carboxylic acids is 2. The minimum Gasteiger partial charge on any atom is -0.477 e. The van der Waals surface area contributed by atoms with Crippen LogP contribution in [0.25, 0.3) is 0 Å². The van der Waals surface area contributed by atoms with Crippen LogP contribution >= 0.6 is 0 Å². The fourth-order valence-electron chi connectivity index (χ4n) is 5.15. The highest BCUT2D eigenvalue weighted by Gasteiger charge is 2.50. The highest BCUT2D eigenvalue weighted by molar-refractivity contribution is 5.97. The predicted molar refractivity (Wildman–Crippen MR) is 112 cm³/mol. The third-order valence-corrected chi connectivity index (χ3v) is 6.90. The molecule has 164 valence electrons. The molecule has 1 aliphatic carbocycles. The van der Waals surface area contributed by atoms with Gasteiger partial charge in [-0.15, -0.1) is 0 Å². The molecule has 1 aromatic heterocycles. The molecule has 1 aromatic rings. The van der Waals surface area contributed by atoms with E-state index in [2.05, 4.69) is 9.88 Å². The first-order valence-corrected chi connectivity index (χ1v) is 11.4. The highest BCUT2D eigenvalue weighted by atomic mass is 16.6. The third-order valence-electron chi connectivity index (χ3n) is 6.90. The molecule has 1 saturated heterocycles. The minimum absolute atomic E-state index is 0.00191. The van der Waals surface area contributed by atoms with Gasteiger partial charge in [-0.25, -0.2) is 9.78 Å². The lowest BCUT2D eigenvalue weighted by atomic mass is 9.75. The van der Waals surface area contributed by atoms with Gasteiger partial charge in [-0.1, -0.05) is 6.42 Å². The summed E-state index contributed by atoms with van der Waals surface area (Å²) in [4.78, 5) is 34.1. The molecule has 0 aromatic carbocycles. The first kappa shape index (κ1) is 21.1. The van der Waals surface area contributed by atoms with Gasteiger partial charge in [0.05, 0.1) is 6.61 Å². The predicted octanol–water partition coefficient (Wildman–Crippen LogP) is 2.98. The zero-order valence-electron chi connectivity index (χ0n) is 18.2. The molecule has 1 spiro atoms. The molecule has 7 nitrogen and oxygen atoms in total. The second kappa shape index (κ2) is 8.92. The Hall–Kier alpha value is -2.15. The van der Waals surface area contributed by atoms with Gasteiger partial charge in [-0.05, 0) is 64.6 Å². The summed E-state index contributed by atoms with van der Waals surface area (Å²) in [6, 6.07) is 1.87. The molecule has 1 saturated carbocycles. The number of esters is 1. The van der Waals surface area contributed by atoms with Crippen LogP contribution in [0.1, 0.15) is 67.8 Å². The Balaban J connectivity index is 1.36. The molecule has 0 atom stereocenters. The first-order valence-electron chi connectivity index (χ1n) is 11.4. The van der Waals surface area contributed by atoms with E-state index in [1.165, 1.54) is 19.3 Å². The lowest BCUT2D eigenvalue weighted by molar-refractivity contribution is -0.137. The number of nitrogens with zero attached hydrogens (tertiary/aromatic N) is 3. The summed E-state index contributed by atoms with van der Waals surface area (Å²) in [6.07, 6.45) is 8.32. The molecule has 0 unspecified atom stereocenters. The molecule has 7 heteroatoms. The number of hydrogen-bond acceptors (Lipinski definition) is 6. The Morgan fingerprint density at radius 2 is 2.03 bits per heavy atom. The van der Waals surface area contributed by atoms with Crippen LogP contribution in [0.3, 0.4) is 0 Å². The molecular weight excluding hydrogens is 382 g/mol. The summed E-state index contributed by atoms with van der Waals surface area (Å²) in [5, 5.41) is 0. The number of rotatable bonds is 6. The van der Waals surface area contributed by atoms with Crippen LogP contribution in [0.2, 0.25) is 0 Å². The average Bonchev–Trinajstić information content (AvgIpc) is 3.05. The number of piperidine rings is 1. The highest BCUT2D eigenvalue weighted by Crippen LogP contribution is 2.49. The van der Waals surface area contributed by atoms with Gasteiger partial charge in [-0.3, -0.25) is 4.79 Å². The summed E-state index contributed by atoms with van der Waals surface area (Å²) < 4.78 is 11.4. The number of carbonyl (C=O) groups is 2. The SMILES string of the molecule is CCOc1nccc2c1C(=O)OC21CCC(C(=O)N(C)CCN2CCCCC2)CC1. The number of fused-ring (bicyclic) bond motifs is 2. The van der Waals surface area contributed by atoms with Crippen molar-refractivity contribution in [1.82, 2.24) is 14.8 Å². The lowest BCUT2D eigenvalue weighted by Gasteiger charge is -2.37. The molecule has 0 N–H and O–H groups in total. The normalized spacial score (nSPS) is 26.3. The molecule has 3 heterocycles. The lowest BCUT2D eigenvalue weighted by Crippen LogP contribution is -2.43. The van der Waals surface area contributed by atoms with Crippen LogP contribution in [-0.2, 0) is 15.1 Å². The van der Waals surface area contributed by atoms with Gasteiger partial charge in [-0.2, -0.15) is 0 Å². The van der Waals surface area contributed by atoms with Crippen LogP contribution in [-0.4, -0.2) is 66.5 Å². The van der Waals surface area contributed by atoms with Crippen LogP contribution in [0, 0.1) is 5.92 Å². The number of hydrogen-bond donors (Lipinski definition) is 0. The van der Waals surface area contributed by atoms with E-state index < -0.39 is 5.60 Å². The van der Waals surface area contributed by atoms with Crippen molar-refractivity contribution in [2.24, 2.45) is 5.92 Å². The topological polar surface area (TPSA) is 72.0 Å². The van der Waals surface area contributed by atoms with Crippen molar-refractivity contribution in [2.75, 3.05) is 39.8 Å². The average molecular weight is 416 g/mol. The zero-order valence-corrected chi connectivity index (χ0v) is 18.2. The fraction of sp³-hybridized carbons (Fsp3) is 0.696. The Labute approximate surface area is 178 Å². The van der Waals surface area contributed by atoms with Gasteiger partial charge >= 0.3 is 5.97 Å². The molecule has 30 heavy (non-hydrogen) atoms. The van der Waals surface area contributed by atoms with Gasteiger partial charge in [0.2, 0.25) is 11.8 Å². The Bertz CT molecular complexity index is 783. The zero-order chi connectivity index (χ0) is 21.1. The number of likely N-dealkylation sites (N-methyl/N-ethyl adjacent to an activating group) is 1. The van der Waals surface area contributed by atoms with Crippen molar-refractivity contribution in [3.63, 3.8) is 0 Å². The second-order valence-electron chi connectivity index (χ2n) is 8.79. The van der Waals surface area contributed by atoms with Crippen LogP contribution < -0.4 is 4.74 Å². The molecule has 1 amide bonds. The summed E-state index contributed by atoms with van der Waals surface area (Å²) in [5.74, 6) is 0.214. The molecule has 0 radical (unpaired) electrons. The van der Waals surface area contributed by atoms with E-state index in [0.29, 0.717) is 30.9 Å². The van der Waals surface area contributed by atoms with E-state index in [0.717, 1.165) is 44.6 Å². The smallest absolute Gasteiger partial charge is 0.344 e. The number of likely N-dealkylation sites (tertiary alicyclic amines) is 1. The molecule has 2 fully saturated rings. The quantitative estimate of drug-likeness (QED) is 0.665. The van der Waals surface area contributed by atoms with Gasteiger partial charge in [0.1, 0.15) is 11.2 Å². The largest absolute Gasteiger partial charge is 0.477 e. The van der Waals surface area contributed by atoms with Gasteiger partial charge in [0.15, 0.2) is 0 Å². The monoisotopic (exact) mass is 415 g/mol. The van der Waals surface area contributed by atoms with E-state index in [9.17, 15) is 9.59 Å². The summed E-state index contributed by atoms with van der Waals surface area (Å²) in [6.45, 7) is 6.35. The standard InChI is InChI=1S/C23H33N3O4/c1-3-29-20-19-18(9-12-24-20)23(30-22(19)28)10-7-17(8-11-23)21(27)25(2)15-16-26-13-5-4-6-14-26/h9,12,17H,3-8,10-11,13-16H2,1-2H3. The first-order chi connectivity index (χ1) is 14.5. The molecule has 3 aliphatic rings. The summed E-state index contributed by atoms with van der Waals surface area (Å²) >= 11 is 0. The number of aromatic nitrogens is 1. The maximum Gasteiger partial charge on any atom is 0.344 e. The van der Waals surface area contributed by atoms with E-state index in [4.69, 9.17) is 9.47 Å². The Morgan fingerprint density at radius 1 is 1.30 bits per heavy atom. The van der Waals surface area contributed by atoms with Crippen LogP contribution in [0.5, 0.6) is 5.88 Å². The maximum absolute atomic E-state index is 13.0. The fourth-order valence-corrected chi connectivity index (χ4v) is 5.15. The molecule has 2 aliphatic heterocycles. The van der Waals surface area contributed by atoms with Crippen molar-refractivity contribution in [3.05, 3.63) is 23.4 Å². The van der Waals surface area contributed by atoms with Crippen molar-refractivity contribution in [2.45, 2.75) is 57.5 Å². The summed E-state index contributed by atoms with van der Waals surface area (Å²) in [5.41, 5.74) is 0.697. The third kappa shape index (κ3) is 4.04. The van der Waals surface area contributed by atoms with Gasteiger partial charge in [0, 0.05) is 37.8 Å². The number of pyridine rings is 1. The number of amides is 1. The minimum atomic E-state index is -0.635. The molecule has 4 rings (SSSR count). The molecular formula is C23H33N3O4. The summed E-state index contributed by atoms with van der Waals surface area (Å²) in [7, 11) is 1.92. The van der Waals surface area contributed by atoms with Crippen molar-refractivity contribution in [3.8, 4) is 5.88 Å². The van der Waals surface area contributed by atoms with Gasteiger partial charge < -0.3 is 19.3 Å². The van der Waals surface area contributed by atoms with E-state index in [-0.39, 0.29) is 17.8 Å². The maximum atomic E-state index is 13.0. The Kier molecular flexibility index (Phi) is 6.27. The van der Waals surface area contributed by atoms with E-state index in [1.807, 2.05) is 24.9 Å². The van der Waals surface area contributed by atoms with Crippen molar-refractivity contribution >= 4 is 11.9 Å². The Morgan fingerprint density at radius 3 is 2.73 bits per heavy atom. The van der Waals surface area contributed by atoms with E-state index >= 15 is 0 Å². The van der Waals surface area contributed by atoms with Crippen molar-refractivity contribution < 1.29 is 19.1 Å². The van der Waals surface area contributed by atoms with Gasteiger partial charge in [0.25, 0.3) is 0 Å². The van der Waals surface area contributed by atoms with Crippen molar-refractivity contribution in [1.29, 1.82) is 0 Å².